The van der Waals surface area contributed by atoms with Crippen molar-refractivity contribution in [2.24, 2.45) is 10.9 Å². The molecule has 1 aliphatic heterocycles. The third-order valence-electron chi connectivity index (χ3n) is 5.97. The molecule has 1 unspecified atom stereocenters. The van der Waals surface area contributed by atoms with Gasteiger partial charge in [-0.05, 0) is 25.3 Å². The largest absolute Gasteiger partial charge is 0.379 e. The van der Waals surface area contributed by atoms with Crippen LogP contribution in [0.1, 0.15) is 46.5 Å². The molecule has 7 heteroatoms. The molecule has 0 spiro atoms. The van der Waals surface area contributed by atoms with Gasteiger partial charge in [0, 0.05) is 51.9 Å². The van der Waals surface area contributed by atoms with Crippen LogP contribution in [0.25, 0.3) is 0 Å². The number of halogens is 1. The minimum Gasteiger partial charge on any atom is -0.379 e. The first kappa shape index (κ1) is 24.9. The number of nitrogens with zero attached hydrogens (tertiary/aromatic N) is 3. The van der Waals surface area contributed by atoms with Gasteiger partial charge in [0.1, 0.15) is 0 Å². The molecule has 6 nitrogen and oxygen atoms in total. The molecule has 27 heavy (non-hydrogen) atoms. The summed E-state index contributed by atoms with van der Waals surface area (Å²) in [6, 6.07) is 1.38. The molecule has 0 aromatic rings. The van der Waals surface area contributed by atoms with Crippen molar-refractivity contribution in [3.8, 4) is 0 Å². The van der Waals surface area contributed by atoms with Crippen molar-refractivity contribution in [1.29, 1.82) is 0 Å². The lowest BCUT2D eigenvalue weighted by Gasteiger charge is -2.39. The minimum absolute atomic E-state index is 0. The van der Waals surface area contributed by atoms with Gasteiger partial charge in [-0.3, -0.25) is 14.8 Å². The normalized spacial score (nSPS) is 19.9. The molecule has 0 bridgehead atoms. The number of ether oxygens (including phenoxy) is 1. The Morgan fingerprint density at radius 1 is 1.15 bits per heavy atom. The first-order valence-corrected chi connectivity index (χ1v) is 10.7. The van der Waals surface area contributed by atoms with Crippen molar-refractivity contribution in [2.75, 3.05) is 59.5 Å². The van der Waals surface area contributed by atoms with E-state index in [1.54, 1.807) is 0 Å². The van der Waals surface area contributed by atoms with E-state index in [0.29, 0.717) is 12.0 Å². The van der Waals surface area contributed by atoms with Gasteiger partial charge in [0.2, 0.25) is 0 Å². The summed E-state index contributed by atoms with van der Waals surface area (Å²) in [5.41, 5.74) is 0. The Morgan fingerprint density at radius 2 is 1.81 bits per heavy atom. The molecule has 2 aliphatic rings. The average Bonchev–Trinajstić information content (AvgIpc) is 3.52. The number of morpholine rings is 1. The fourth-order valence-corrected chi connectivity index (χ4v) is 4.11. The number of hydrogen-bond acceptors (Lipinski definition) is 4. The lowest BCUT2D eigenvalue weighted by Crippen LogP contribution is -2.53. The number of rotatable bonds is 11. The van der Waals surface area contributed by atoms with E-state index in [9.17, 15) is 0 Å². The highest BCUT2D eigenvalue weighted by Gasteiger charge is 2.28. The summed E-state index contributed by atoms with van der Waals surface area (Å²) in [5, 5.41) is 7.09. The van der Waals surface area contributed by atoms with E-state index in [2.05, 4.69) is 46.2 Å². The second-order valence-electron chi connectivity index (χ2n) is 7.53. The Balaban J connectivity index is 0.00000364. The van der Waals surface area contributed by atoms with Crippen LogP contribution in [0.2, 0.25) is 0 Å². The highest BCUT2D eigenvalue weighted by Crippen LogP contribution is 2.25. The maximum absolute atomic E-state index is 5.55. The number of likely N-dealkylation sites (N-methyl/N-ethyl adjacent to an activating group) is 1. The zero-order valence-corrected chi connectivity index (χ0v) is 20.2. The van der Waals surface area contributed by atoms with Crippen molar-refractivity contribution in [3.05, 3.63) is 0 Å². The molecule has 0 amide bonds. The van der Waals surface area contributed by atoms with Crippen LogP contribution in [0.15, 0.2) is 4.99 Å². The third-order valence-corrected chi connectivity index (χ3v) is 5.97. The molecule has 1 saturated heterocycles. The summed E-state index contributed by atoms with van der Waals surface area (Å²) in [6.07, 6.45) is 5.19. The molecule has 0 radical (unpaired) electrons. The van der Waals surface area contributed by atoms with E-state index in [-0.39, 0.29) is 24.0 Å². The summed E-state index contributed by atoms with van der Waals surface area (Å²) in [7, 11) is 1.87. The summed E-state index contributed by atoms with van der Waals surface area (Å²) >= 11 is 0. The van der Waals surface area contributed by atoms with Gasteiger partial charge in [-0.25, -0.2) is 0 Å². The van der Waals surface area contributed by atoms with Crippen LogP contribution in [0.3, 0.4) is 0 Å². The molecule has 2 fully saturated rings. The van der Waals surface area contributed by atoms with Crippen LogP contribution in [0, 0.1) is 5.92 Å². The molecule has 0 aromatic carbocycles. The van der Waals surface area contributed by atoms with Gasteiger partial charge in [-0.1, -0.05) is 33.6 Å². The zero-order valence-electron chi connectivity index (χ0n) is 17.9. The Hall–Kier alpha value is -0.120. The van der Waals surface area contributed by atoms with E-state index < -0.39 is 0 Å². The third kappa shape index (κ3) is 8.41. The smallest absolute Gasteiger partial charge is 0.191 e. The number of nitrogens with one attached hydrogen (secondary N) is 2. The highest BCUT2D eigenvalue weighted by molar-refractivity contribution is 14.0. The van der Waals surface area contributed by atoms with Crippen LogP contribution in [-0.4, -0.2) is 87.4 Å². The average molecular weight is 495 g/mol. The molecule has 1 aliphatic carbocycles. The lowest BCUT2D eigenvalue weighted by atomic mass is 9.92. The van der Waals surface area contributed by atoms with Crippen LogP contribution >= 0.6 is 24.0 Å². The zero-order chi connectivity index (χ0) is 18.8. The number of guanidine groups is 1. The molecule has 1 atom stereocenters. The molecular weight excluding hydrogens is 453 g/mol. The summed E-state index contributed by atoms with van der Waals surface area (Å²) in [5.74, 6) is 1.64. The van der Waals surface area contributed by atoms with Crippen LogP contribution in [-0.2, 0) is 4.74 Å². The first-order valence-electron chi connectivity index (χ1n) is 10.7. The minimum atomic E-state index is 0. The lowest BCUT2D eigenvalue weighted by molar-refractivity contribution is 0.00272. The fraction of sp³-hybridized carbons (Fsp3) is 0.950. The van der Waals surface area contributed by atoms with Crippen molar-refractivity contribution in [1.82, 2.24) is 20.4 Å². The second kappa shape index (κ2) is 14.0. The van der Waals surface area contributed by atoms with E-state index in [0.717, 1.165) is 64.5 Å². The van der Waals surface area contributed by atoms with Gasteiger partial charge >= 0.3 is 0 Å². The maximum Gasteiger partial charge on any atom is 0.191 e. The highest BCUT2D eigenvalue weighted by atomic mass is 127. The van der Waals surface area contributed by atoms with Gasteiger partial charge in [-0.2, -0.15) is 0 Å². The topological polar surface area (TPSA) is 52.1 Å². The van der Waals surface area contributed by atoms with E-state index >= 15 is 0 Å². The van der Waals surface area contributed by atoms with Gasteiger partial charge in [0.15, 0.2) is 5.96 Å². The molecule has 1 heterocycles. The Kier molecular flexibility index (Phi) is 12.9. The van der Waals surface area contributed by atoms with Gasteiger partial charge in [0.05, 0.1) is 13.2 Å². The second-order valence-corrected chi connectivity index (χ2v) is 7.53. The SMILES string of the molecule is CCC(CC)C(CNC(=NC)NCCN(CC)C1CC1)N1CCOCC1.I. The van der Waals surface area contributed by atoms with Crippen LogP contribution in [0.4, 0.5) is 0 Å². The molecule has 1 saturated carbocycles. The standard InChI is InChI=1S/C20H41N5O.HI/c1-5-17(6-2)19(25-12-14-26-15-13-25)16-23-20(21-4)22-10-11-24(7-3)18-8-9-18;/h17-19H,5-16H2,1-4H3,(H2,21,22,23);1H. The summed E-state index contributed by atoms with van der Waals surface area (Å²) < 4.78 is 5.55. The number of aliphatic imine (C=N–C) groups is 1. The van der Waals surface area contributed by atoms with E-state index in [1.165, 1.54) is 25.7 Å². The summed E-state index contributed by atoms with van der Waals surface area (Å²) in [6.45, 7) is 14.8. The Labute approximate surface area is 183 Å². The molecular formula is C20H42IN5O. The number of hydrogen-bond donors (Lipinski definition) is 2. The quantitative estimate of drug-likeness (QED) is 0.262. The molecule has 0 aromatic heterocycles. The monoisotopic (exact) mass is 495 g/mol. The predicted molar refractivity (Wildman–Crippen MR) is 125 cm³/mol. The van der Waals surface area contributed by atoms with Gasteiger partial charge in [-0.15, -0.1) is 24.0 Å². The van der Waals surface area contributed by atoms with Gasteiger partial charge < -0.3 is 15.4 Å². The van der Waals surface area contributed by atoms with Crippen molar-refractivity contribution < 1.29 is 4.74 Å². The Morgan fingerprint density at radius 3 is 2.33 bits per heavy atom. The predicted octanol–water partition coefficient (Wildman–Crippen LogP) is 2.39. The Bertz CT molecular complexity index is 409. The molecule has 160 valence electrons. The van der Waals surface area contributed by atoms with Gasteiger partial charge in [0.25, 0.3) is 0 Å². The fourth-order valence-electron chi connectivity index (χ4n) is 4.11. The molecule has 2 N–H and O–H groups in total. The van der Waals surface area contributed by atoms with Crippen LogP contribution in [0.5, 0.6) is 0 Å². The van der Waals surface area contributed by atoms with Crippen molar-refractivity contribution in [2.45, 2.75) is 58.5 Å². The maximum atomic E-state index is 5.55. The molecule has 2 rings (SSSR count). The van der Waals surface area contributed by atoms with Crippen molar-refractivity contribution in [3.63, 3.8) is 0 Å². The summed E-state index contributed by atoms with van der Waals surface area (Å²) in [4.78, 5) is 9.61. The van der Waals surface area contributed by atoms with E-state index in [1.807, 2.05) is 7.05 Å². The van der Waals surface area contributed by atoms with Crippen molar-refractivity contribution >= 4 is 29.9 Å². The van der Waals surface area contributed by atoms with Crippen LogP contribution < -0.4 is 10.6 Å². The van der Waals surface area contributed by atoms with E-state index in [4.69, 9.17) is 4.74 Å². The first-order chi connectivity index (χ1) is 12.7.